The van der Waals surface area contributed by atoms with Gasteiger partial charge in [-0.2, -0.15) is 0 Å². The molecular weight excluding hydrogens is 919 g/mol. The normalized spacial score (nSPS) is 14.3. The third-order valence-corrected chi connectivity index (χ3v) is 9.28. The van der Waals surface area contributed by atoms with Crippen LogP contribution in [0.3, 0.4) is 0 Å². The molecule has 0 saturated heterocycles. The zero-order chi connectivity index (χ0) is 51.4. The summed E-state index contributed by atoms with van der Waals surface area (Å²) in [6.07, 6.45) is -12.5. The number of fused-ring (bicyclic) bond motifs is 6. The van der Waals surface area contributed by atoms with Crippen LogP contribution >= 0.6 is 0 Å². The van der Waals surface area contributed by atoms with Crippen molar-refractivity contribution in [1.29, 1.82) is 0 Å². The summed E-state index contributed by atoms with van der Waals surface area (Å²) in [7, 11) is 0. The van der Waals surface area contributed by atoms with Gasteiger partial charge in [-0.05, 0) is 16.3 Å². The maximum atomic E-state index is 14.0. The van der Waals surface area contributed by atoms with E-state index in [9.17, 15) is 38.7 Å². The highest BCUT2D eigenvalue weighted by molar-refractivity contribution is 6.08. The summed E-state index contributed by atoms with van der Waals surface area (Å²) in [5.41, 5.74) is 54.5. The minimum absolute atomic E-state index is 0.120. The molecule has 0 saturated carbocycles. The van der Waals surface area contributed by atoms with Crippen molar-refractivity contribution in [2.75, 3.05) is 0 Å². The predicted molar refractivity (Wildman–Crippen MR) is 251 cm³/mol. The topological polar surface area (TPSA) is 559 Å². The quantitative estimate of drug-likeness (QED) is 0.0180. The summed E-state index contributed by atoms with van der Waals surface area (Å²) < 4.78 is 0. The van der Waals surface area contributed by atoms with Crippen LogP contribution in [0.25, 0.3) is 21.5 Å². The predicted octanol–water partition coefficient (Wildman–Crippen LogP) is -9.47. The van der Waals surface area contributed by atoms with Crippen LogP contribution in [0.15, 0.2) is 114 Å². The molecular formula is C39H47N23O8. The van der Waals surface area contributed by atoms with E-state index < -0.39 is 108 Å². The fraction of sp³-hybridized carbons (Fsp3) is 0.179. The molecule has 27 N–H and O–H groups in total. The molecule has 5 rings (SSSR count). The summed E-state index contributed by atoms with van der Waals surface area (Å²) in [4.78, 5) is 120. The molecule has 31 heteroatoms. The molecule has 1 aliphatic rings. The lowest BCUT2D eigenvalue weighted by Gasteiger charge is -2.24. The average Bonchev–Trinajstić information content (AvgIpc) is 3.73. The maximum Gasteiger partial charge on any atom is 0.272 e. The molecule has 0 spiro atoms. The highest BCUT2D eigenvalue weighted by Crippen LogP contribution is 2.21. The van der Waals surface area contributed by atoms with Crippen molar-refractivity contribution in [3.63, 3.8) is 0 Å². The Kier molecular flexibility index (Phi) is 16.3. The zero-order valence-corrected chi connectivity index (χ0v) is 36.3. The van der Waals surface area contributed by atoms with E-state index in [1.54, 1.807) is 6.07 Å². The highest BCUT2D eigenvalue weighted by atomic mass is 16.3. The summed E-state index contributed by atoms with van der Waals surface area (Å²) in [6, 6.07) is 20.7. The Hall–Kier alpha value is -10.0. The molecule has 7 unspecified atom stereocenters. The number of carbonyl (C=O) groups is 7. The van der Waals surface area contributed by atoms with Gasteiger partial charge in [-0.1, -0.05) is 78.9 Å². The van der Waals surface area contributed by atoms with E-state index in [-0.39, 0.29) is 11.5 Å². The Labute approximate surface area is 393 Å². The Morgan fingerprint density at radius 1 is 0.443 bits per heavy atom. The first-order chi connectivity index (χ1) is 33.1. The van der Waals surface area contributed by atoms with Gasteiger partial charge in [-0.3, -0.25) is 33.6 Å². The molecule has 0 aliphatic carbocycles. The van der Waals surface area contributed by atoms with Crippen molar-refractivity contribution in [1.82, 2.24) is 31.9 Å². The molecule has 366 valence electrons. The molecule has 7 atom stereocenters. The van der Waals surface area contributed by atoms with Crippen LogP contribution in [-0.2, 0) is 33.6 Å². The van der Waals surface area contributed by atoms with Crippen molar-refractivity contribution in [3.05, 3.63) is 95.1 Å². The second-order valence-electron chi connectivity index (χ2n) is 14.4. The summed E-state index contributed by atoms with van der Waals surface area (Å²) in [5.74, 6) is -12.4. The fourth-order valence-electron chi connectivity index (χ4n) is 6.33. The van der Waals surface area contributed by atoms with E-state index in [1.807, 2.05) is 64.5 Å². The lowest BCUT2D eigenvalue weighted by Crippen LogP contribution is -2.60. The molecule has 4 aromatic rings. The molecule has 31 nitrogen and oxygen atoms in total. The van der Waals surface area contributed by atoms with E-state index in [0.29, 0.717) is 10.7 Å². The second kappa shape index (κ2) is 22.4. The van der Waals surface area contributed by atoms with Gasteiger partial charge >= 0.3 is 0 Å². The van der Waals surface area contributed by atoms with E-state index in [4.69, 9.17) is 57.3 Å². The number of hydrogen-bond acceptors (Lipinski definition) is 14. The molecule has 0 aromatic heterocycles. The summed E-state index contributed by atoms with van der Waals surface area (Å²) in [6.45, 7) is 0. The SMILES string of the molecule is NC(=O)C(N)NC(=O)C(N=C(N)N)NC(=O)C(N=C(N)N)NC(=O)C(N=C(N)N)NC(=O)C(N=C(N)N)NC(=O)C(NC(=O)C(O)N=C1N=c2c(c3ccccc3c3ccccc23)=N1)c1ccccc1. The molecule has 7 amide bonds. The molecule has 0 fully saturated rings. The third-order valence-electron chi connectivity index (χ3n) is 9.28. The molecule has 4 aromatic carbocycles. The van der Waals surface area contributed by atoms with Crippen molar-refractivity contribution < 1.29 is 38.7 Å². The molecule has 70 heavy (non-hydrogen) atoms. The minimum Gasteiger partial charge on any atom is -0.370 e. The van der Waals surface area contributed by atoms with E-state index in [0.717, 1.165) is 21.5 Å². The van der Waals surface area contributed by atoms with Crippen LogP contribution in [0.2, 0.25) is 0 Å². The van der Waals surface area contributed by atoms with Gasteiger partial charge in [-0.15, -0.1) is 0 Å². The summed E-state index contributed by atoms with van der Waals surface area (Å²) in [5, 5.41) is 27.8. The number of nitrogens with zero attached hydrogens (tertiary/aromatic N) is 7. The van der Waals surface area contributed by atoms with Crippen molar-refractivity contribution in [2.45, 2.75) is 43.1 Å². The van der Waals surface area contributed by atoms with Crippen LogP contribution in [-0.4, -0.2) is 113 Å². The Morgan fingerprint density at radius 2 is 0.786 bits per heavy atom. The third kappa shape index (κ3) is 13.1. The van der Waals surface area contributed by atoms with Crippen LogP contribution < -0.4 is 100.0 Å². The summed E-state index contributed by atoms with van der Waals surface area (Å²) >= 11 is 0. The number of carbonyl (C=O) groups excluding carboxylic acids is 7. The van der Waals surface area contributed by atoms with Crippen LogP contribution in [0.1, 0.15) is 11.6 Å². The number of aliphatic hydroxyl groups is 1. The van der Waals surface area contributed by atoms with Crippen LogP contribution in [0.5, 0.6) is 0 Å². The van der Waals surface area contributed by atoms with E-state index in [2.05, 4.69) is 50.9 Å². The molecule has 1 aliphatic heterocycles. The van der Waals surface area contributed by atoms with Gasteiger partial charge in [0.1, 0.15) is 16.8 Å². The second-order valence-corrected chi connectivity index (χ2v) is 14.4. The van der Waals surface area contributed by atoms with Gasteiger partial charge in [0, 0.05) is 10.8 Å². The standard InChI is InChI=1S/C39H47N23O8/c40-22(23(41)63)53-29(65)24(58-35(42)43)55-31(67)26(60-37(46)47)57-32(68)27(61-38(48)49)56-30(66)25(59-36(44)45)54-28(64)19(14-8-2-1-3-9-14)50-33(69)34(70)62-39-51-20-17-12-6-4-10-15(17)16-11-5-7-13-18(16)21(20)52-39/h1-13,19,22,24-27,34,70H,40H2,(H2,41,63)(H,50,69)(H,53,65)(H,54,64)(H,55,67)(H,56,66)(H,57,68)(H4,42,43,58)(H4,44,45,59)(H4,46,47,60)(H4,48,49,61). The highest BCUT2D eigenvalue weighted by Gasteiger charge is 2.34. The van der Waals surface area contributed by atoms with Gasteiger partial charge in [0.2, 0.25) is 42.8 Å². The Bertz CT molecular complexity index is 2920. The largest absolute Gasteiger partial charge is 0.370 e. The number of amides is 7. The lowest BCUT2D eigenvalue weighted by atomic mass is 10.0. The number of hydrogen-bond donors (Lipinski definition) is 17. The van der Waals surface area contributed by atoms with Crippen LogP contribution in [0, 0.1) is 0 Å². The van der Waals surface area contributed by atoms with Crippen molar-refractivity contribution in [3.8, 4) is 0 Å². The fourth-order valence-corrected chi connectivity index (χ4v) is 6.33. The van der Waals surface area contributed by atoms with E-state index in [1.165, 1.54) is 24.3 Å². The van der Waals surface area contributed by atoms with Gasteiger partial charge in [0.25, 0.3) is 35.4 Å². The number of rotatable bonds is 19. The first-order valence-corrected chi connectivity index (χ1v) is 20.0. The lowest BCUT2D eigenvalue weighted by molar-refractivity contribution is -0.136. The van der Waals surface area contributed by atoms with Crippen molar-refractivity contribution >= 4 is 92.7 Å². The van der Waals surface area contributed by atoms with Gasteiger partial charge in [-0.25, -0.2) is 34.9 Å². The number of guanidine groups is 5. The average molecular weight is 966 g/mol. The van der Waals surface area contributed by atoms with Gasteiger partial charge in [0.05, 0.1) is 0 Å². The number of nitrogens with one attached hydrogen (secondary N) is 6. The van der Waals surface area contributed by atoms with Gasteiger partial charge in [0.15, 0.2) is 30.0 Å². The first kappa shape index (κ1) is 51.0. The molecule has 1 heterocycles. The smallest absolute Gasteiger partial charge is 0.272 e. The van der Waals surface area contributed by atoms with E-state index >= 15 is 0 Å². The van der Waals surface area contributed by atoms with Crippen molar-refractivity contribution in [2.24, 2.45) is 92.3 Å². The number of nitrogens with two attached hydrogens (primary N) is 10. The number of benzene rings is 4. The number of aliphatic imine (C=N–C) groups is 5. The van der Waals surface area contributed by atoms with Crippen LogP contribution in [0.4, 0.5) is 0 Å². The zero-order valence-electron chi connectivity index (χ0n) is 36.3. The Morgan fingerprint density at radius 3 is 1.16 bits per heavy atom. The Balaban J connectivity index is 1.37. The minimum atomic E-state index is -2.20. The number of primary amides is 1. The van der Waals surface area contributed by atoms with Gasteiger partial charge < -0.3 is 94.3 Å². The monoisotopic (exact) mass is 965 g/mol. The molecule has 0 bridgehead atoms. The maximum absolute atomic E-state index is 14.0. The number of aliphatic hydroxyl groups excluding tert-OH is 1. The molecule has 0 radical (unpaired) electrons. The first-order valence-electron chi connectivity index (χ1n) is 20.0.